The fraction of sp³-hybridized carbons (Fsp3) is 0.300. The zero-order valence-corrected chi connectivity index (χ0v) is 7.77. The van der Waals surface area contributed by atoms with E-state index in [4.69, 9.17) is 9.84 Å². The number of benzene rings is 1. The Bertz CT molecular complexity index is 274. The molecule has 1 aromatic carbocycles. The molecule has 1 rings (SSSR count). The number of aliphatic hydroxyl groups excluding tert-OH is 1. The molecule has 0 saturated heterocycles. The Kier molecular flexibility index (Phi) is 4.68. The molecule has 1 aromatic rings. The van der Waals surface area contributed by atoms with Crippen LogP contribution in [0, 0.1) is 0 Å². The van der Waals surface area contributed by atoms with Crippen molar-refractivity contribution in [2.24, 2.45) is 0 Å². The molecular formula is C10H13NO3. The molecule has 0 amide bonds. The zero-order chi connectivity index (χ0) is 10.2. The van der Waals surface area contributed by atoms with Crippen molar-refractivity contribution in [1.82, 2.24) is 5.32 Å². The quantitative estimate of drug-likeness (QED) is 0.399. The number of esters is 1. The van der Waals surface area contributed by atoms with Gasteiger partial charge in [0.1, 0.15) is 5.75 Å². The lowest BCUT2D eigenvalue weighted by Gasteiger charge is -2.04. The van der Waals surface area contributed by atoms with Gasteiger partial charge in [0.2, 0.25) is 0 Å². The maximum Gasteiger partial charge on any atom is 0.325 e. The Morgan fingerprint density at radius 2 is 2.07 bits per heavy atom. The van der Waals surface area contributed by atoms with Crippen LogP contribution in [-0.4, -0.2) is 30.8 Å². The van der Waals surface area contributed by atoms with E-state index in [1.165, 1.54) is 0 Å². The van der Waals surface area contributed by atoms with Crippen molar-refractivity contribution in [2.75, 3.05) is 19.7 Å². The van der Waals surface area contributed by atoms with Gasteiger partial charge >= 0.3 is 5.97 Å². The molecule has 4 nitrogen and oxygen atoms in total. The van der Waals surface area contributed by atoms with Crippen molar-refractivity contribution in [3.05, 3.63) is 30.3 Å². The maximum absolute atomic E-state index is 11.1. The third kappa shape index (κ3) is 4.02. The van der Waals surface area contributed by atoms with Crippen molar-refractivity contribution in [2.45, 2.75) is 0 Å². The minimum atomic E-state index is -0.357. The molecule has 0 aliphatic rings. The van der Waals surface area contributed by atoms with Gasteiger partial charge in [0.05, 0.1) is 13.2 Å². The molecule has 0 fully saturated rings. The Labute approximate surface area is 82.5 Å². The second kappa shape index (κ2) is 6.12. The largest absolute Gasteiger partial charge is 0.426 e. The fourth-order valence-corrected chi connectivity index (χ4v) is 0.926. The first kappa shape index (κ1) is 10.7. The molecule has 4 heteroatoms. The highest BCUT2D eigenvalue weighted by atomic mass is 16.5. The van der Waals surface area contributed by atoms with Crippen LogP contribution < -0.4 is 10.1 Å². The molecule has 0 aliphatic heterocycles. The number of ether oxygens (including phenoxy) is 1. The summed E-state index contributed by atoms with van der Waals surface area (Å²) in [5.74, 6) is 0.174. The topological polar surface area (TPSA) is 58.6 Å². The predicted octanol–water partition coefficient (Wildman–Crippen LogP) is 0.174. The van der Waals surface area contributed by atoms with Crippen molar-refractivity contribution < 1.29 is 14.6 Å². The summed E-state index contributed by atoms with van der Waals surface area (Å²) in [4.78, 5) is 11.1. The van der Waals surface area contributed by atoms with Gasteiger partial charge in [-0.25, -0.2) is 0 Å². The van der Waals surface area contributed by atoms with Gasteiger partial charge < -0.3 is 15.2 Å². The third-order valence-electron chi connectivity index (χ3n) is 1.53. The molecular weight excluding hydrogens is 182 g/mol. The molecule has 0 bridgehead atoms. The molecule has 0 spiro atoms. The molecule has 0 atom stereocenters. The maximum atomic E-state index is 11.1. The SMILES string of the molecule is O=C(CNCCO)Oc1ccccc1. The van der Waals surface area contributed by atoms with E-state index in [0.717, 1.165) is 0 Å². The van der Waals surface area contributed by atoms with Crippen LogP contribution in [0.4, 0.5) is 0 Å². The smallest absolute Gasteiger partial charge is 0.325 e. The Balaban J connectivity index is 2.27. The van der Waals surface area contributed by atoms with Gasteiger partial charge in [0.25, 0.3) is 0 Å². The lowest BCUT2D eigenvalue weighted by Crippen LogP contribution is -2.28. The second-order valence-corrected chi connectivity index (χ2v) is 2.69. The molecule has 0 aromatic heterocycles. The van der Waals surface area contributed by atoms with Gasteiger partial charge in [-0.1, -0.05) is 18.2 Å². The van der Waals surface area contributed by atoms with Crippen molar-refractivity contribution >= 4 is 5.97 Å². The summed E-state index contributed by atoms with van der Waals surface area (Å²) < 4.78 is 4.98. The number of nitrogens with one attached hydrogen (secondary N) is 1. The van der Waals surface area contributed by atoms with Gasteiger partial charge in [-0.05, 0) is 12.1 Å². The van der Waals surface area contributed by atoms with E-state index in [1.807, 2.05) is 6.07 Å². The number of aliphatic hydroxyl groups is 1. The summed E-state index contributed by atoms with van der Waals surface area (Å²) in [5.41, 5.74) is 0. The molecule has 0 aliphatic carbocycles. The summed E-state index contributed by atoms with van der Waals surface area (Å²) in [6.07, 6.45) is 0. The van der Waals surface area contributed by atoms with E-state index in [9.17, 15) is 4.79 Å². The molecule has 0 saturated carbocycles. The Morgan fingerprint density at radius 3 is 2.71 bits per heavy atom. The van der Waals surface area contributed by atoms with Crippen LogP contribution >= 0.6 is 0 Å². The van der Waals surface area contributed by atoms with Crippen LogP contribution in [0.3, 0.4) is 0 Å². The van der Waals surface area contributed by atoms with Gasteiger partial charge in [-0.2, -0.15) is 0 Å². The summed E-state index contributed by atoms with van der Waals surface area (Å²) in [6, 6.07) is 8.86. The molecule has 0 radical (unpaired) electrons. The molecule has 76 valence electrons. The van der Waals surface area contributed by atoms with Crippen LogP contribution in [0.25, 0.3) is 0 Å². The molecule has 0 unspecified atom stereocenters. The zero-order valence-electron chi connectivity index (χ0n) is 7.77. The molecule has 14 heavy (non-hydrogen) atoms. The minimum Gasteiger partial charge on any atom is -0.426 e. The van der Waals surface area contributed by atoms with Crippen LogP contribution in [0.1, 0.15) is 0 Å². The normalized spacial score (nSPS) is 9.79. The summed E-state index contributed by atoms with van der Waals surface area (Å²) in [7, 11) is 0. The number of para-hydroxylation sites is 1. The van der Waals surface area contributed by atoms with Gasteiger partial charge in [0.15, 0.2) is 0 Å². The van der Waals surface area contributed by atoms with Crippen LogP contribution in [0.2, 0.25) is 0 Å². The predicted molar refractivity (Wildman–Crippen MR) is 52.0 cm³/mol. The standard InChI is InChI=1S/C10H13NO3/c12-7-6-11-8-10(13)14-9-4-2-1-3-5-9/h1-5,11-12H,6-8H2. The third-order valence-corrected chi connectivity index (χ3v) is 1.53. The van der Waals surface area contributed by atoms with E-state index in [1.54, 1.807) is 24.3 Å². The average molecular weight is 195 g/mol. The minimum absolute atomic E-state index is 0.0125. The highest BCUT2D eigenvalue weighted by Gasteiger charge is 2.02. The van der Waals surface area contributed by atoms with Gasteiger partial charge in [-0.15, -0.1) is 0 Å². The number of hydrogen-bond acceptors (Lipinski definition) is 4. The van der Waals surface area contributed by atoms with Crippen molar-refractivity contribution in [1.29, 1.82) is 0 Å². The summed E-state index contributed by atoms with van der Waals surface area (Å²) >= 11 is 0. The van der Waals surface area contributed by atoms with Crippen molar-refractivity contribution in [3.8, 4) is 5.75 Å². The van der Waals surface area contributed by atoms with Gasteiger partial charge in [0, 0.05) is 6.54 Å². The first-order valence-electron chi connectivity index (χ1n) is 4.40. The number of rotatable bonds is 5. The monoisotopic (exact) mass is 195 g/mol. The Hall–Kier alpha value is -1.39. The van der Waals surface area contributed by atoms with E-state index in [-0.39, 0.29) is 19.1 Å². The van der Waals surface area contributed by atoms with E-state index >= 15 is 0 Å². The number of carbonyl (C=O) groups is 1. The average Bonchev–Trinajstić information content (AvgIpc) is 2.20. The summed E-state index contributed by atoms with van der Waals surface area (Å²) in [5, 5.41) is 11.2. The van der Waals surface area contributed by atoms with Crippen LogP contribution in [0.15, 0.2) is 30.3 Å². The van der Waals surface area contributed by atoms with E-state index in [2.05, 4.69) is 5.32 Å². The first-order chi connectivity index (χ1) is 6.83. The summed E-state index contributed by atoms with van der Waals surface area (Å²) in [6.45, 7) is 0.512. The highest BCUT2D eigenvalue weighted by Crippen LogP contribution is 2.07. The molecule has 0 heterocycles. The van der Waals surface area contributed by atoms with Crippen LogP contribution in [0.5, 0.6) is 5.75 Å². The second-order valence-electron chi connectivity index (χ2n) is 2.69. The number of carbonyl (C=O) groups excluding carboxylic acids is 1. The lowest BCUT2D eigenvalue weighted by molar-refractivity contribution is -0.133. The Morgan fingerprint density at radius 1 is 1.36 bits per heavy atom. The van der Waals surface area contributed by atoms with E-state index < -0.39 is 0 Å². The van der Waals surface area contributed by atoms with E-state index in [0.29, 0.717) is 12.3 Å². The van der Waals surface area contributed by atoms with Crippen LogP contribution in [-0.2, 0) is 4.79 Å². The lowest BCUT2D eigenvalue weighted by atomic mass is 10.3. The highest BCUT2D eigenvalue weighted by molar-refractivity contribution is 5.74. The fourth-order valence-electron chi connectivity index (χ4n) is 0.926. The molecule has 2 N–H and O–H groups in total. The van der Waals surface area contributed by atoms with Gasteiger partial charge in [-0.3, -0.25) is 4.79 Å². The first-order valence-corrected chi connectivity index (χ1v) is 4.40. The number of hydrogen-bond donors (Lipinski definition) is 2. The van der Waals surface area contributed by atoms with Crippen molar-refractivity contribution in [3.63, 3.8) is 0 Å².